The molecule has 230 valence electrons. The van der Waals surface area contributed by atoms with Crippen LogP contribution in [0.5, 0.6) is 0 Å². The summed E-state index contributed by atoms with van der Waals surface area (Å²) in [6.07, 6.45) is 12.8. The van der Waals surface area contributed by atoms with Gasteiger partial charge in [-0.15, -0.1) is 0 Å². The first-order chi connectivity index (χ1) is 19.2. The van der Waals surface area contributed by atoms with Crippen molar-refractivity contribution < 1.29 is 34.4 Å². The fourth-order valence-corrected chi connectivity index (χ4v) is 10.3. The molecule has 7 heteroatoms. The van der Waals surface area contributed by atoms with Crippen LogP contribution >= 0.6 is 0 Å². The molecule has 7 nitrogen and oxygen atoms in total. The highest BCUT2D eigenvalue weighted by Gasteiger charge is 2.81. The molecule has 8 unspecified atom stereocenters. The van der Waals surface area contributed by atoms with Gasteiger partial charge >= 0.3 is 11.9 Å². The van der Waals surface area contributed by atoms with E-state index in [1.807, 2.05) is 19.1 Å². The van der Waals surface area contributed by atoms with E-state index < -0.39 is 40.2 Å². The molecule has 5 rings (SSSR count). The number of aliphatic hydroxyl groups excluding tert-OH is 1. The Hall–Kier alpha value is -1.70. The van der Waals surface area contributed by atoms with E-state index in [1.54, 1.807) is 0 Å². The van der Waals surface area contributed by atoms with E-state index in [-0.39, 0.29) is 30.4 Å². The summed E-state index contributed by atoms with van der Waals surface area (Å²) in [4.78, 5) is 24.5. The van der Waals surface area contributed by atoms with Gasteiger partial charge < -0.3 is 24.8 Å². The zero-order valence-corrected chi connectivity index (χ0v) is 25.8. The van der Waals surface area contributed by atoms with E-state index in [4.69, 9.17) is 9.47 Å². The molecule has 5 aliphatic rings. The Bertz CT molecular complexity index is 1090. The van der Waals surface area contributed by atoms with Gasteiger partial charge in [-0.3, -0.25) is 4.79 Å². The van der Waals surface area contributed by atoms with Crippen molar-refractivity contribution in [1.82, 2.24) is 0 Å². The number of carbonyl (C=O) groups excluding carboxylic acids is 2. The predicted octanol–water partition coefficient (Wildman–Crippen LogP) is 5.40. The van der Waals surface area contributed by atoms with E-state index in [2.05, 4.69) is 20.8 Å². The van der Waals surface area contributed by atoms with Gasteiger partial charge in [-0.2, -0.15) is 0 Å². The fraction of sp³-hybridized carbons (Fsp3) is 0.824. The van der Waals surface area contributed by atoms with Crippen LogP contribution in [0.2, 0.25) is 0 Å². The second-order valence-corrected chi connectivity index (χ2v) is 15.0. The Balaban J connectivity index is 1.74. The van der Waals surface area contributed by atoms with Gasteiger partial charge in [-0.1, -0.05) is 59.1 Å². The van der Waals surface area contributed by atoms with Gasteiger partial charge in [-0.25, -0.2) is 4.79 Å². The maximum atomic E-state index is 13.4. The van der Waals surface area contributed by atoms with E-state index in [1.165, 1.54) is 19.4 Å². The van der Waals surface area contributed by atoms with Gasteiger partial charge in [0.1, 0.15) is 12.7 Å². The number of fused-ring (bicyclic) bond motifs is 1. The average molecular weight is 573 g/mol. The third-order valence-corrected chi connectivity index (χ3v) is 12.2. The van der Waals surface area contributed by atoms with Crippen molar-refractivity contribution in [2.45, 2.75) is 135 Å². The van der Waals surface area contributed by atoms with Crippen molar-refractivity contribution in [2.75, 3.05) is 6.61 Å². The minimum atomic E-state index is -1.52. The van der Waals surface area contributed by atoms with Crippen LogP contribution in [0.25, 0.3) is 0 Å². The molecule has 3 saturated carbocycles. The minimum Gasteiger partial charge on any atom is -0.462 e. The molecule has 3 N–H and O–H groups in total. The van der Waals surface area contributed by atoms with Crippen molar-refractivity contribution in [3.8, 4) is 0 Å². The van der Waals surface area contributed by atoms with Crippen molar-refractivity contribution in [3.05, 3.63) is 23.8 Å². The van der Waals surface area contributed by atoms with Crippen LogP contribution in [-0.2, 0) is 19.1 Å². The highest BCUT2D eigenvalue weighted by atomic mass is 16.5. The van der Waals surface area contributed by atoms with E-state index in [9.17, 15) is 24.9 Å². The number of hydrogen-bond donors (Lipinski definition) is 3. The third kappa shape index (κ3) is 4.64. The van der Waals surface area contributed by atoms with Crippen LogP contribution in [0.15, 0.2) is 23.8 Å². The monoisotopic (exact) mass is 572 g/mol. The maximum absolute atomic E-state index is 13.4. The van der Waals surface area contributed by atoms with Gasteiger partial charge in [0.25, 0.3) is 0 Å². The van der Waals surface area contributed by atoms with Crippen molar-refractivity contribution in [2.24, 2.45) is 34.0 Å². The molecule has 1 heterocycles. The summed E-state index contributed by atoms with van der Waals surface area (Å²) in [5.41, 5.74) is -4.81. The molecule has 0 amide bonds. The summed E-state index contributed by atoms with van der Waals surface area (Å²) in [5, 5.41) is 38.8. The first kappa shape index (κ1) is 30.7. The molecule has 0 aromatic heterocycles. The number of carbonyl (C=O) groups is 2. The smallest absolute Gasteiger partial charge is 0.331 e. The highest BCUT2D eigenvalue weighted by molar-refractivity contribution is 5.85. The number of rotatable bonds is 8. The standard InChI is InChI=1S/C34H52O7/c1-22(2)11-15-32(38)18-17-30(4)20-26(41-23(3)35)29-31(5,25-9-7-6-8-10-25)14-13-27(36)34(29,32)33(30,39)16-12-24-19-28(37)40-21-24/h17-19,22,25-27,29,36,38-39H,6-16,20-21H2,1-5H3. The summed E-state index contributed by atoms with van der Waals surface area (Å²) < 4.78 is 11.4. The normalized spacial score (nSPS) is 44.4. The SMILES string of the molecule is CC(=O)OC1CC2(C)C=CC(O)(CCC(C)C)C3(C(O)CCC(C)(C4CCCCC4)C13)C2(O)CCC1=CC(=O)OC1. The van der Waals surface area contributed by atoms with Gasteiger partial charge in [0.15, 0.2) is 0 Å². The molecule has 1 spiro atoms. The molecule has 41 heavy (non-hydrogen) atoms. The Labute approximate surface area is 245 Å². The number of cyclic esters (lactones) is 1. The summed E-state index contributed by atoms with van der Waals surface area (Å²) in [7, 11) is 0. The Morgan fingerprint density at radius 2 is 1.80 bits per heavy atom. The largest absolute Gasteiger partial charge is 0.462 e. The molecule has 4 aliphatic carbocycles. The lowest BCUT2D eigenvalue weighted by Gasteiger charge is -2.76. The van der Waals surface area contributed by atoms with E-state index in [0.29, 0.717) is 37.5 Å². The first-order valence-electron chi connectivity index (χ1n) is 16.1. The van der Waals surface area contributed by atoms with Crippen molar-refractivity contribution >= 4 is 11.9 Å². The summed E-state index contributed by atoms with van der Waals surface area (Å²) >= 11 is 0. The van der Waals surface area contributed by atoms with Crippen LogP contribution < -0.4 is 0 Å². The number of esters is 2. The molecular weight excluding hydrogens is 520 g/mol. The van der Waals surface area contributed by atoms with Crippen LogP contribution in [-0.4, -0.2) is 57.3 Å². The maximum Gasteiger partial charge on any atom is 0.331 e. The molecule has 0 saturated heterocycles. The Kier molecular flexibility index (Phi) is 8.09. The lowest BCUT2D eigenvalue weighted by Crippen LogP contribution is -2.83. The van der Waals surface area contributed by atoms with Crippen LogP contribution in [0.4, 0.5) is 0 Å². The van der Waals surface area contributed by atoms with Gasteiger partial charge in [0, 0.05) is 24.3 Å². The number of hydrogen-bond acceptors (Lipinski definition) is 7. The molecular formula is C34H52O7. The lowest BCUT2D eigenvalue weighted by atomic mass is 9.31. The zero-order valence-electron chi connectivity index (χ0n) is 25.8. The fourth-order valence-electron chi connectivity index (χ4n) is 10.3. The molecule has 0 aromatic carbocycles. The first-order valence-corrected chi connectivity index (χ1v) is 16.1. The van der Waals surface area contributed by atoms with Crippen LogP contribution in [0.3, 0.4) is 0 Å². The lowest BCUT2D eigenvalue weighted by molar-refractivity contribution is -0.362. The topological polar surface area (TPSA) is 113 Å². The molecule has 2 bridgehead atoms. The van der Waals surface area contributed by atoms with Gasteiger partial charge in [-0.05, 0) is 80.6 Å². The van der Waals surface area contributed by atoms with Crippen molar-refractivity contribution in [3.63, 3.8) is 0 Å². The van der Waals surface area contributed by atoms with Crippen molar-refractivity contribution in [1.29, 1.82) is 0 Å². The molecule has 8 atom stereocenters. The molecule has 1 aliphatic heterocycles. The van der Waals surface area contributed by atoms with E-state index in [0.717, 1.165) is 44.1 Å². The Morgan fingerprint density at radius 3 is 2.41 bits per heavy atom. The predicted molar refractivity (Wildman–Crippen MR) is 156 cm³/mol. The minimum absolute atomic E-state index is 0.202. The number of ether oxygens (including phenoxy) is 2. The summed E-state index contributed by atoms with van der Waals surface area (Å²) in [5.74, 6) is -0.523. The second kappa shape index (κ2) is 10.8. The molecule has 3 fully saturated rings. The number of aliphatic hydroxyl groups is 3. The Morgan fingerprint density at radius 1 is 1.10 bits per heavy atom. The van der Waals surface area contributed by atoms with Gasteiger partial charge in [0.2, 0.25) is 0 Å². The highest BCUT2D eigenvalue weighted by Crippen LogP contribution is 2.75. The summed E-state index contributed by atoms with van der Waals surface area (Å²) in [6.45, 7) is 10.2. The van der Waals surface area contributed by atoms with Crippen LogP contribution in [0.1, 0.15) is 112 Å². The third-order valence-electron chi connectivity index (χ3n) is 12.2. The van der Waals surface area contributed by atoms with Gasteiger partial charge in [0.05, 0.1) is 22.7 Å². The van der Waals surface area contributed by atoms with Crippen LogP contribution in [0, 0.1) is 34.0 Å². The zero-order chi connectivity index (χ0) is 29.8. The second-order valence-electron chi connectivity index (χ2n) is 15.0. The van der Waals surface area contributed by atoms with E-state index >= 15 is 0 Å². The average Bonchev–Trinajstić information content (AvgIpc) is 3.34. The summed E-state index contributed by atoms with van der Waals surface area (Å²) in [6, 6.07) is 0. The molecule has 0 radical (unpaired) electrons. The quantitative estimate of drug-likeness (QED) is 0.264. The molecule has 0 aromatic rings.